The number of rotatable bonds is 11. The molecule has 1 saturated carbocycles. The second kappa shape index (κ2) is 13.7. The van der Waals surface area contributed by atoms with Crippen molar-refractivity contribution in [3.8, 4) is 0 Å². The van der Waals surface area contributed by atoms with Gasteiger partial charge in [-0.1, -0.05) is 55.3 Å². The Morgan fingerprint density at radius 2 is 1.90 bits per heavy atom. The van der Waals surface area contributed by atoms with E-state index < -0.39 is 11.9 Å². The van der Waals surface area contributed by atoms with Gasteiger partial charge in [-0.2, -0.15) is 11.8 Å². The Hall–Kier alpha value is -2.58. The summed E-state index contributed by atoms with van der Waals surface area (Å²) in [6.07, 6.45) is 9.07. The third-order valence-corrected chi connectivity index (χ3v) is 8.90. The number of aliphatic imine (C=N–C) groups is 1. The third-order valence-electron chi connectivity index (χ3n) is 8.29. The maximum Gasteiger partial charge on any atom is 0.510 e. The molecule has 2 aromatic rings. The summed E-state index contributed by atoms with van der Waals surface area (Å²) in [4.78, 5) is 21.7. The van der Waals surface area contributed by atoms with Crippen LogP contribution in [0, 0.1) is 17.7 Å². The van der Waals surface area contributed by atoms with Gasteiger partial charge in [0.05, 0.1) is 19.5 Å². The van der Waals surface area contributed by atoms with E-state index in [1.54, 1.807) is 17.8 Å². The number of carbonyl (C=O) groups excluding carboxylic acids is 1. The van der Waals surface area contributed by atoms with Crippen LogP contribution in [0.25, 0.3) is 0 Å². The van der Waals surface area contributed by atoms with E-state index in [1.165, 1.54) is 18.7 Å². The Morgan fingerprint density at radius 1 is 1.15 bits per heavy atom. The van der Waals surface area contributed by atoms with Crippen LogP contribution < -0.4 is 0 Å². The van der Waals surface area contributed by atoms with Gasteiger partial charge in [-0.15, -0.1) is 0 Å². The zero-order valence-electron chi connectivity index (χ0n) is 23.6. The second-order valence-electron chi connectivity index (χ2n) is 11.0. The first-order chi connectivity index (χ1) is 18.8. The van der Waals surface area contributed by atoms with E-state index in [9.17, 15) is 9.18 Å². The molecule has 39 heavy (non-hydrogen) atoms. The van der Waals surface area contributed by atoms with Crippen LogP contribution in [0.1, 0.15) is 55.7 Å². The van der Waals surface area contributed by atoms with Gasteiger partial charge in [0.25, 0.3) is 0 Å². The smallest absolute Gasteiger partial charge is 0.438 e. The number of hydrogen-bond donors (Lipinski definition) is 0. The van der Waals surface area contributed by atoms with Crippen molar-refractivity contribution >= 4 is 24.3 Å². The molecule has 0 bridgehead atoms. The van der Waals surface area contributed by atoms with Gasteiger partial charge in [0.15, 0.2) is 0 Å². The predicted octanol–water partition coefficient (Wildman–Crippen LogP) is 6.77. The Bertz CT molecular complexity index is 1090. The molecule has 2 aliphatic rings. The van der Waals surface area contributed by atoms with Crippen LogP contribution in [0.15, 0.2) is 59.6 Å². The molecule has 0 aromatic heterocycles. The topological polar surface area (TPSA) is 54.4 Å². The summed E-state index contributed by atoms with van der Waals surface area (Å²) >= 11 is 1.72. The second-order valence-corrected chi connectivity index (χ2v) is 12.0. The average Bonchev–Trinajstić information content (AvgIpc) is 3.25. The van der Waals surface area contributed by atoms with Crippen molar-refractivity contribution in [2.75, 3.05) is 33.2 Å². The van der Waals surface area contributed by atoms with Gasteiger partial charge < -0.3 is 19.3 Å². The first-order valence-electron chi connectivity index (χ1n) is 13.9. The third kappa shape index (κ3) is 7.34. The van der Waals surface area contributed by atoms with Crippen LogP contribution in [-0.2, 0) is 16.0 Å². The molecule has 1 aliphatic heterocycles. The van der Waals surface area contributed by atoms with Crippen LogP contribution in [0.5, 0.6) is 0 Å². The summed E-state index contributed by atoms with van der Waals surface area (Å²) in [7, 11) is 5.52. The zero-order chi connectivity index (χ0) is 27.8. The number of hydrogen-bond acceptors (Lipinski definition) is 7. The summed E-state index contributed by atoms with van der Waals surface area (Å²) < 4.78 is 24.9. The zero-order valence-corrected chi connectivity index (χ0v) is 24.4. The summed E-state index contributed by atoms with van der Waals surface area (Å²) in [5.74, 6) is 1.59. The van der Waals surface area contributed by atoms with Gasteiger partial charge in [-0.3, -0.25) is 0 Å². The van der Waals surface area contributed by atoms with Crippen molar-refractivity contribution in [3.63, 3.8) is 0 Å². The standard InChI is InChI=1S/C31H42FN3O3S/c1-34(2)29(26-11-8-12-27(32)20-26)25-15-13-23(14-16-25)19-28-31(17-18-39-4,38-30(36)37-3)33-22-35(28)21-24-9-6-5-7-10-24/h5-12,20,22-23,25,28-29H,13-19,21H2,1-4H3. The minimum absolute atomic E-state index is 0.0710. The van der Waals surface area contributed by atoms with Gasteiger partial charge in [0.2, 0.25) is 5.72 Å². The van der Waals surface area contributed by atoms with E-state index in [2.05, 4.69) is 42.3 Å². The summed E-state index contributed by atoms with van der Waals surface area (Å²) in [5, 5.41) is 0. The lowest BCUT2D eigenvalue weighted by molar-refractivity contribution is -0.0598. The molecule has 0 spiro atoms. The number of carbonyl (C=O) groups is 1. The molecule has 4 rings (SSSR count). The van der Waals surface area contributed by atoms with E-state index >= 15 is 0 Å². The van der Waals surface area contributed by atoms with E-state index in [4.69, 9.17) is 14.5 Å². The number of benzene rings is 2. The highest BCUT2D eigenvalue weighted by Crippen LogP contribution is 2.44. The van der Waals surface area contributed by atoms with Gasteiger partial charge in [-0.25, -0.2) is 14.2 Å². The van der Waals surface area contributed by atoms with Gasteiger partial charge >= 0.3 is 6.16 Å². The van der Waals surface area contributed by atoms with Crippen LogP contribution in [0.3, 0.4) is 0 Å². The molecular formula is C31H42FN3O3S. The molecule has 1 heterocycles. The van der Waals surface area contributed by atoms with Crippen molar-refractivity contribution in [3.05, 3.63) is 71.5 Å². The molecule has 212 valence electrons. The Labute approximate surface area is 237 Å². The monoisotopic (exact) mass is 555 g/mol. The predicted molar refractivity (Wildman–Crippen MR) is 156 cm³/mol. The largest absolute Gasteiger partial charge is 0.510 e. The maximum atomic E-state index is 14.0. The van der Waals surface area contributed by atoms with E-state index in [-0.39, 0.29) is 17.9 Å². The lowest BCUT2D eigenvalue weighted by Gasteiger charge is -2.41. The number of nitrogens with zero attached hydrogens (tertiary/aromatic N) is 3. The summed E-state index contributed by atoms with van der Waals surface area (Å²) in [6, 6.07) is 17.5. The molecule has 2 aromatic carbocycles. The normalized spacial score (nSPS) is 25.6. The van der Waals surface area contributed by atoms with E-state index in [0.29, 0.717) is 24.8 Å². The Kier molecular flexibility index (Phi) is 10.3. The van der Waals surface area contributed by atoms with Crippen molar-refractivity contribution in [1.29, 1.82) is 0 Å². The van der Waals surface area contributed by atoms with Crippen molar-refractivity contribution in [2.24, 2.45) is 16.8 Å². The summed E-state index contributed by atoms with van der Waals surface area (Å²) in [6.45, 7) is 0.707. The number of methoxy groups -OCH3 is 1. The highest BCUT2D eigenvalue weighted by molar-refractivity contribution is 7.98. The molecule has 6 nitrogen and oxygen atoms in total. The highest BCUT2D eigenvalue weighted by atomic mass is 32.2. The van der Waals surface area contributed by atoms with Crippen LogP contribution in [0.4, 0.5) is 9.18 Å². The number of ether oxygens (including phenoxy) is 2. The molecule has 1 aliphatic carbocycles. The fourth-order valence-electron chi connectivity index (χ4n) is 6.41. The lowest BCUT2D eigenvalue weighted by Crippen LogP contribution is -2.50. The van der Waals surface area contributed by atoms with Crippen LogP contribution in [0.2, 0.25) is 0 Å². The van der Waals surface area contributed by atoms with E-state index in [0.717, 1.165) is 43.4 Å². The number of thioether (sulfide) groups is 1. The lowest BCUT2D eigenvalue weighted by atomic mass is 9.73. The minimum Gasteiger partial charge on any atom is -0.438 e. The average molecular weight is 556 g/mol. The first kappa shape index (κ1) is 29.4. The van der Waals surface area contributed by atoms with Crippen molar-refractivity contribution in [2.45, 2.75) is 62.9 Å². The fourth-order valence-corrected chi connectivity index (χ4v) is 6.91. The molecule has 3 unspecified atom stereocenters. The molecule has 8 heteroatoms. The quantitative estimate of drug-likeness (QED) is 0.285. The molecule has 0 radical (unpaired) electrons. The molecule has 3 atom stereocenters. The Balaban J connectivity index is 1.51. The van der Waals surface area contributed by atoms with Gasteiger partial charge in [0.1, 0.15) is 5.82 Å². The minimum atomic E-state index is -0.963. The summed E-state index contributed by atoms with van der Waals surface area (Å²) in [5.41, 5.74) is 1.28. The van der Waals surface area contributed by atoms with Crippen molar-refractivity contribution in [1.82, 2.24) is 9.80 Å². The van der Waals surface area contributed by atoms with Crippen molar-refractivity contribution < 1.29 is 18.7 Å². The fraction of sp³-hybridized carbons (Fsp3) is 0.548. The van der Waals surface area contributed by atoms with Crippen LogP contribution in [-0.4, -0.2) is 67.3 Å². The molecule has 0 saturated heterocycles. The Morgan fingerprint density at radius 3 is 2.54 bits per heavy atom. The molecule has 0 amide bonds. The molecule has 1 fully saturated rings. The highest BCUT2D eigenvalue weighted by Gasteiger charge is 2.49. The van der Waals surface area contributed by atoms with Gasteiger partial charge in [0, 0.05) is 19.0 Å². The number of halogens is 1. The first-order valence-corrected chi connectivity index (χ1v) is 15.3. The maximum absolute atomic E-state index is 14.0. The van der Waals surface area contributed by atoms with E-state index in [1.807, 2.05) is 36.7 Å². The van der Waals surface area contributed by atoms with Gasteiger partial charge in [-0.05, 0) is 80.5 Å². The SMILES string of the molecule is COC(=O)OC1(CCSC)N=CN(Cc2ccccc2)C1CC1CCC(C(c2cccc(F)c2)N(C)C)CC1. The molecular weight excluding hydrogens is 513 g/mol. The molecule has 0 N–H and O–H groups in total. The van der Waals surface area contributed by atoms with Crippen LogP contribution >= 0.6 is 11.8 Å².